The minimum atomic E-state index is -0.0252. The van der Waals surface area contributed by atoms with Crippen molar-refractivity contribution in [2.75, 3.05) is 5.75 Å². The molecule has 3 N–H and O–H groups in total. The molecule has 0 fully saturated rings. The van der Waals surface area contributed by atoms with Crippen molar-refractivity contribution >= 4 is 17.6 Å². The van der Waals surface area contributed by atoms with Crippen LogP contribution in [0.15, 0.2) is 53.4 Å². The Bertz CT molecular complexity index is 593. The molecule has 1 atom stereocenters. The quantitative estimate of drug-likeness (QED) is 0.493. The lowest BCUT2D eigenvalue weighted by Crippen LogP contribution is -2.22. The standard InChI is InChI=1S/C17H20N2S/c1-12-8-9-15(10-13(12)2)20-11-16(17(18)19)14-6-4-3-5-7-14/h3-10,16H,11H2,1-2H3,(H3,18,19). The summed E-state index contributed by atoms with van der Waals surface area (Å²) in [6.07, 6.45) is 0. The van der Waals surface area contributed by atoms with Gasteiger partial charge < -0.3 is 5.73 Å². The van der Waals surface area contributed by atoms with Gasteiger partial charge in [-0.05, 0) is 42.7 Å². The Morgan fingerprint density at radius 3 is 2.40 bits per heavy atom. The van der Waals surface area contributed by atoms with E-state index in [1.165, 1.54) is 16.0 Å². The fraction of sp³-hybridized carbons (Fsp3) is 0.235. The molecule has 3 heteroatoms. The molecule has 0 saturated heterocycles. The van der Waals surface area contributed by atoms with E-state index in [2.05, 4.69) is 32.0 Å². The highest BCUT2D eigenvalue weighted by atomic mass is 32.2. The first kappa shape index (κ1) is 14.7. The van der Waals surface area contributed by atoms with E-state index >= 15 is 0 Å². The van der Waals surface area contributed by atoms with Crippen molar-refractivity contribution in [2.45, 2.75) is 24.7 Å². The molecule has 2 nitrogen and oxygen atoms in total. The number of amidine groups is 1. The van der Waals surface area contributed by atoms with Crippen LogP contribution in [0, 0.1) is 19.3 Å². The number of thioether (sulfide) groups is 1. The first-order valence-electron chi connectivity index (χ1n) is 6.67. The maximum absolute atomic E-state index is 7.80. The molecule has 0 radical (unpaired) electrons. The second-order valence-electron chi connectivity index (χ2n) is 4.98. The van der Waals surface area contributed by atoms with Crippen LogP contribution in [0.4, 0.5) is 0 Å². The number of benzene rings is 2. The van der Waals surface area contributed by atoms with Crippen molar-refractivity contribution in [2.24, 2.45) is 5.73 Å². The lowest BCUT2D eigenvalue weighted by Gasteiger charge is -2.15. The molecular formula is C17H20N2S. The molecule has 0 saturated carbocycles. The van der Waals surface area contributed by atoms with Crippen LogP contribution in [0.1, 0.15) is 22.6 Å². The summed E-state index contributed by atoms with van der Waals surface area (Å²) in [7, 11) is 0. The number of rotatable bonds is 5. The number of hydrogen-bond donors (Lipinski definition) is 2. The lowest BCUT2D eigenvalue weighted by atomic mass is 10.0. The van der Waals surface area contributed by atoms with Gasteiger partial charge in [0.25, 0.3) is 0 Å². The van der Waals surface area contributed by atoms with Gasteiger partial charge in [0.05, 0.1) is 11.8 Å². The van der Waals surface area contributed by atoms with E-state index in [9.17, 15) is 0 Å². The molecule has 0 aliphatic heterocycles. The Balaban J connectivity index is 2.10. The fourth-order valence-electron chi connectivity index (χ4n) is 2.03. The van der Waals surface area contributed by atoms with Crippen LogP contribution in [0.3, 0.4) is 0 Å². The Morgan fingerprint density at radius 1 is 1.10 bits per heavy atom. The molecular weight excluding hydrogens is 264 g/mol. The first-order chi connectivity index (χ1) is 9.58. The number of nitrogens with two attached hydrogens (primary N) is 1. The smallest absolute Gasteiger partial charge is 0.0990 e. The maximum atomic E-state index is 7.80. The molecule has 0 spiro atoms. The molecule has 104 valence electrons. The lowest BCUT2D eigenvalue weighted by molar-refractivity contribution is 1.01. The minimum Gasteiger partial charge on any atom is -0.387 e. The summed E-state index contributed by atoms with van der Waals surface area (Å²) >= 11 is 1.75. The van der Waals surface area contributed by atoms with E-state index in [1.807, 2.05) is 30.3 Å². The minimum absolute atomic E-state index is 0.0252. The van der Waals surface area contributed by atoms with Gasteiger partial charge in [0.2, 0.25) is 0 Å². The third-order valence-electron chi connectivity index (χ3n) is 3.47. The van der Waals surface area contributed by atoms with E-state index in [0.717, 1.165) is 11.3 Å². The van der Waals surface area contributed by atoms with Crippen LogP contribution in [0.25, 0.3) is 0 Å². The number of hydrogen-bond acceptors (Lipinski definition) is 2. The highest BCUT2D eigenvalue weighted by Gasteiger charge is 2.15. The molecule has 0 aliphatic rings. The monoisotopic (exact) mass is 284 g/mol. The highest BCUT2D eigenvalue weighted by Crippen LogP contribution is 2.27. The molecule has 0 aromatic heterocycles. The van der Waals surface area contributed by atoms with Gasteiger partial charge in [0.1, 0.15) is 0 Å². The summed E-state index contributed by atoms with van der Waals surface area (Å²) in [5.74, 6) is 0.998. The average molecular weight is 284 g/mol. The molecule has 0 amide bonds. The zero-order chi connectivity index (χ0) is 14.5. The summed E-state index contributed by atoms with van der Waals surface area (Å²) < 4.78 is 0. The third-order valence-corrected chi connectivity index (χ3v) is 4.56. The van der Waals surface area contributed by atoms with Gasteiger partial charge in [-0.25, -0.2) is 0 Å². The van der Waals surface area contributed by atoms with Crippen LogP contribution < -0.4 is 5.73 Å². The highest BCUT2D eigenvalue weighted by molar-refractivity contribution is 7.99. The van der Waals surface area contributed by atoms with Gasteiger partial charge in [-0.3, -0.25) is 5.41 Å². The largest absolute Gasteiger partial charge is 0.387 e. The van der Waals surface area contributed by atoms with E-state index in [0.29, 0.717) is 0 Å². The van der Waals surface area contributed by atoms with Crippen molar-refractivity contribution in [3.05, 3.63) is 65.2 Å². The van der Waals surface area contributed by atoms with Crippen molar-refractivity contribution < 1.29 is 0 Å². The SMILES string of the molecule is Cc1ccc(SCC(C(=N)N)c2ccccc2)cc1C. The fourth-order valence-corrected chi connectivity index (χ4v) is 3.19. The molecule has 2 aromatic carbocycles. The molecule has 20 heavy (non-hydrogen) atoms. The predicted molar refractivity (Wildman–Crippen MR) is 87.7 cm³/mol. The zero-order valence-electron chi connectivity index (χ0n) is 11.9. The number of nitrogens with one attached hydrogen (secondary N) is 1. The second-order valence-corrected chi connectivity index (χ2v) is 6.07. The van der Waals surface area contributed by atoms with E-state index in [1.54, 1.807) is 11.8 Å². The van der Waals surface area contributed by atoms with Crippen molar-refractivity contribution in [1.82, 2.24) is 0 Å². The van der Waals surface area contributed by atoms with Crippen molar-refractivity contribution in [3.8, 4) is 0 Å². The van der Waals surface area contributed by atoms with Crippen LogP contribution in [0.5, 0.6) is 0 Å². The summed E-state index contributed by atoms with van der Waals surface area (Å²) in [5.41, 5.74) is 9.47. The molecule has 1 unspecified atom stereocenters. The Kier molecular flexibility index (Phi) is 4.85. The van der Waals surface area contributed by atoms with Crippen LogP contribution >= 0.6 is 11.8 Å². The molecule has 0 bridgehead atoms. The van der Waals surface area contributed by atoms with Crippen molar-refractivity contribution in [1.29, 1.82) is 5.41 Å². The summed E-state index contributed by atoms with van der Waals surface area (Å²) in [4.78, 5) is 1.23. The molecule has 2 aromatic rings. The third kappa shape index (κ3) is 3.64. The van der Waals surface area contributed by atoms with E-state index in [4.69, 9.17) is 11.1 Å². The second kappa shape index (κ2) is 6.62. The average Bonchev–Trinajstić information content (AvgIpc) is 2.44. The van der Waals surface area contributed by atoms with Gasteiger partial charge in [0, 0.05) is 10.6 Å². The van der Waals surface area contributed by atoms with Gasteiger partial charge in [0.15, 0.2) is 0 Å². The van der Waals surface area contributed by atoms with Crippen LogP contribution in [-0.2, 0) is 0 Å². The summed E-state index contributed by atoms with van der Waals surface area (Å²) in [6.45, 7) is 4.24. The van der Waals surface area contributed by atoms with Crippen LogP contribution in [-0.4, -0.2) is 11.6 Å². The zero-order valence-corrected chi connectivity index (χ0v) is 12.7. The summed E-state index contributed by atoms with van der Waals surface area (Å²) in [5, 5.41) is 7.80. The van der Waals surface area contributed by atoms with Crippen molar-refractivity contribution in [3.63, 3.8) is 0 Å². The predicted octanol–water partition coefficient (Wildman–Crippen LogP) is 4.12. The summed E-state index contributed by atoms with van der Waals surface area (Å²) in [6, 6.07) is 16.5. The normalized spacial score (nSPS) is 12.1. The molecule has 2 rings (SSSR count). The van der Waals surface area contributed by atoms with Gasteiger partial charge in [-0.2, -0.15) is 0 Å². The Hall–Kier alpha value is -1.74. The number of aryl methyl sites for hydroxylation is 2. The first-order valence-corrected chi connectivity index (χ1v) is 7.65. The topological polar surface area (TPSA) is 49.9 Å². The maximum Gasteiger partial charge on any atom is 0.0990 e. The Labute approximate surface area is 124 Å². The van der Waals surface area contributed by atoms with E-state index < -0.39 is 0 Å². The Morgan fingerprint density at radius 2 is 1.80 bits per heavy atom. The van der Waals surface area contributed by atoms with Gasteiger partial charge >= 0.3 is 0 Å². The molecule has 0 heterocycles. The van der Waals surface area contributed by atoms with Gasteiger partial charge in [-0.15, -0.1) is 11.8 Å². The van der Waals surface area contributed by atoms with E-state index in [-0.39, 0.29) is 11.8 Å². The molecule has 0 aliphatic carbocycles. The van der Waals surface area contributed by atoms with Crippen LogP contribution in [0.2, 0.25) is 0 Å². The van der Waals surface area contributed by atoms with Gasteiger partial charge in [-0.1, -0.05) is 36.4 Å².